The Morgan fingerprint density at radius 1 is 1.38 bits per heavy atom. The number of nitrogens with one attached hydrogen (secondary N) is 1. The number of nitrogens with zero attached hydrogens (tertiary/aromatic N) is 1. The lowest BCUT2D eigenvalue weighted by Gasteiger charge is -2.32. The van der Waals surface area contributed by atoms with Gasteiger partial charge >= 0.3 is 0 Å². The minimum absolute atomic E-state index is 0.147. The number of halogens is 1. The van der Waals surface area contributed by atoms with Crippen molar-refractivity contribution in [3.05, 3.63) is 33.3 Å². The van der Waals surface area contributed by atoms with E-state index in [-0.39, 0.29) is 28.7 Å². The van der Waals surface area contributed by atoms with Gasteiger partial charge < -0.3 is 11.1 Å². The molecule has 21 heavy (non-hydrogen) atoms. The van der Waals surface area contributed by atoms with Crippen LogP contribution in [0.1, 0.15) is 38.5 Å². The number of hydrogen-bond donors (Lipinski definition) is 2. The first-order chi connectivity index (χ1) is 9.89. The highest BCUT2D eigenvalue weighted by molar-refractivity contribution is 6.31. The molecular formula is C14H18ClN3O3. The number of nitro groups is 1. The highest BCUT2D eigenvalue weighted by Gasteiger charge is 2.30. The number of anilines is 1. The van der Waals surface area contributed by atoms with Crippen LogP contribution in [-0.4, -0.2) is 16.4 Å². The Balaban J connectivity index is 2.07. The second-order valence-corrected chi connectivity index (χ2v) is 6.00. The number of nitro benzene ring substituents is 1. The number of amides is 1. The van der Waals surface area contributed by atoms with Gasteiger partial charge in [0.2, 0.25) is 5.91 Å². The highest BCUT2D eigenvalue weighted by atomic mass is 35.5. The van der Waals surface area contributed by atoms with E-state index in [1.807, 2.05) is 0 Å². The Morgan fingerprint density at radius 3 is 2.67 bits per heavy atom. The van der Waals surface area contributed by atoms with Gasteiger partial charge in [-0.15, -0.1) is 0 Å². The number of hydrogen-bond acceptors (Lipinski definition) is 4. The summed E-state index contributed by atoms with van der Waals surface area (Å²) in [4.78, 5) is 22.5. The Hall–Kier alpha value is -1.66. The van der Waals surface area contributed by atoms with Gasteiger partial charge in [-0.05, 0) is 25.0 Å². The van der Waals surface area contributed by atoms with Gasteiger partial charge in [0, 0.05) is 23.0 Å². The molecule has 0 aliphatic heterocycles. The van der Waals surface area contributed by atoms with Crippen molar-refractivity contribution in [2.24, 2.45) is 5.73 Å². The molecular weight excluding hydrogens is 294 g/mol. The maximum atomic E-state index is 12.1. The number of carbonyl (C=O) groups excluding carboxylic acids is 1. The van der Waals surface area contributed by atoms with Crippen molar-refractivity contribution in [3.63, 3.8) is 0 Å². The molecule has 114 valence electrons. The summed E-state index contributed by atoms with van der Waals surface area (Å²) < 4.78 is 0. The topological polar surface area (TPSA) is 98.3 Å². The van der Waals surface area contributed by atoms with E-state index in [1.54, 1.807) is 0 Å². The molecule has 0 bridgehead atoms. The van der Waals surface area contributed by atoms with E-state index in [0.29, 0.717) is 0 Å². The Morgan fingerprint density at radius 2 is 2.05 bits per heavy atom. The third-order valence-corrected chi connectivity index (χ3v) is 4.03. The molecule has 1 aliphatic rings. The van der Waals surface area contributed by atoms with E-state index < -0.39 is 10.5 Å². The third kappa shape index (κ3) is 4.15. The van der Waals surface area contributed by atoms with Crippen LogP contribution in [0.4, 0.5) is 11.4 Å². The van der Waals surface area contributed by atoms with Gasteiger partial charge in [0.25, 0.3) is 5.69 Å². The fourth-order valence-electron chi connectivity index (χ4n) is 2.71. The van der Waals surface area contributed by atoms with Crippen LogP contribution in [0.15, 0.2) is 18.2 Å². The SMILES string of the molecule is NC1(CC(=O)Nc2ccc(Cl)cc2[N+](=O)[O-])CCCCC1. The monoisotopic (exact) mass is 311 g/mol. The summed E-state index contributed by atoms with van der Waals surface area (Å²) >= 11 is 5.74. The number of benzene rings is 1. The maximum Gasteiger partial charge on any atom is 0.294 e. The lowest BCUT2D eigenvalue weighted by atomic mass is 9.80. The summed E-state index contributed by atoms with van der Waals surface area (Å²) in [6.07, 6.45) is 4.97. The van der Waals surface area contributed by atoms with Crippen LogP contribution < -0.4 is 11.1 Å². The molecule has 0 saturated heterocycles. The maximum absolute atomic E-state index is 12.1. The standard InChI is InChI=1S/C14H18ClN3O3/c15-10-4-5-11(12(8-10)18(20)21)17-13(19)9-14(16)6-2-1-3-7-14/h4-5,8H,1-3,6-7,9,16H2,(H,17,19). The molecule has 2 rings (SSSR count). The molecule has 0 radical (unpaired) electrons. The zero-order chi connectivity index (χ0) is 15.5. The van der Waals surface area contributed by atoms with Crippen LogP contribution in [0, 0.1) is 10.1 Å². The molecule has 7 heteroatoms. The molecule has 6 nitrogen and oxygen atoms in total. The fourth-order valence-corrected chi connectivity index (χ4v) is 2.87. The molecule has 3 N–H and O–H groups in total. The van der Waals surface area contributed by atoms with Crippen molar-refractivity contribution in [2.45, 2.75) is 44.1 Å². The number of nitrogens with two attached hydrogens (primary N) is 1. The minimum atomic E-state index is -0.569. The molecule has 1 aromatic rings. The smallest absolute Gasteiger partial charge is 0.294 e. The Labute approximate surface area is 127 Å². The van der Waals surface area contributed by atoms with Crippen molar-refractivity contribution >= 4 is 28.9 Å². The molecule has 1 aliphatic carbocycles. The molecule has 0 aromatic heterocycles. The van der Waals surface area contributed by atoms with Gasteiger partial charge in [-0.2, -0.15) is 0 Å². The van der Waals surface area contributed by atoms with E-state index >= 15 is 0 Å². The van der Waals surface area contributed by atoms with Crippen molar-refractivity contribution in [1.82, 2.24) is 0 Å². The molecule has 0 heterocycles. The van der Waals surface area contributed by atoms with E-state index in [2.05, 4.69) is 5.32 Å². The second kappa shape index (κ2) is 6.41. The zero-order valence-corrected chi connectivity index (χ0v) is 12.4. The first-order valence-electron chi connectivity index (χ1n) is 6.92. The van der Waals surface area contributed by atoms with Crippen LogP contribution in [0.3, 0.4) is 0 Å². The van der Waals surface area contributed by atoms with E-state index in [0.717, 1.165) is 32.1 Å². The van der Waals surface area contributed by atoms with Gasteiger partial charge in [-0.1, -0.05) is 30.9 Å². The van der Waals surface area contributed by atoms with Crippen LogP contribution in [-0.2, 0) is 4.79 Å². The summed E-state index contributed by atoms with van der Waals surface area (Å²) in [6, 6.07) is 4.15. The van der Waals surface area contributed by atoms with Gasteiger partial charge in [0.1, 0.15) is 5.69 Å². The van der Waals surface area contributed by atoms with E-state index in [1.165, 1.54) is 18.2 Å². The van der Waals surface area contributed by atoms with Crippen LogP contribution in [0.25, 0.3) is 0 Å². The van der Waals surface area contributed by atoms with Gasteiger partial charge in [-0.3, -0.25) is 14.9 Å². The molecule has 0 unspecified atom stereocenters. The Bertz CT molecular complexity index is 556. The van der Waals surface area contributed by atoms with Crippen molar-refractivity contribution in [2.75, 3.05) is 5.32 Å². The summed E-state index contributed by atoms with van der Waals surface area (Å²) in [5.74, 6) is -0.301. The summed E-state index contributed by atoms with van der Waals surface area (Å²) in [7, 11) is 0. The van der Waals surface area contributed by atoms with Crippen LogP contribution in [0.2, 0.25) is 5.02 Å². The molecule has 0 atom stereocenters. The summed E-state index contributed by atoms with van der Waals surface area (Å²) in [5.41, 5.74) is 5.65. The van der Waals surface area contributed by atoms with Crippen molar-refractivity contribution < 1.29 is 9.72 Å². The normalized spacial score (nSPS) is 17.2. The predicted molar refractivity (Wildman–Crippen MR) is 81.4 cm³/mol. The minimum Gasteiger partial charge on any atom is -0.325 e. The largest absolute Gasteiger partial charge is 0.325 e. The Kier molecular flexibility index (Phi) is 4.80. The van der Waals surface area contributed by atoms with Crippen LogP contribution in [0.5, 0.6) is 0 Å². The first-order valence-corrected chi connectivity index (χ1v) is 7.30. The molecule has 0 spiro atoms. The fraction of sp³-hybridized carbons (Fsp3) is 0.500. The average Bonchev–Trinajstić information content (AvgIpc) is 2.40. The van der Waals surface area contributed by atoms with E-state index in [4.69, 9.17) is 17.3 Å². The predicted octanol–water partition coefficient (Wildman–Crippen LogP) is 3.24. The second-order valence-electron chi connectivity index (χ2n) is 5.57. The molecule has 1 saturated carbocycles. The summed E-state index contributed by atoms with van der Waals surface area (Å²) in [5, 5.41) is 13.8. The number of rotatable bonds is 4. The molecule has 1 aromatic carbocycles. The van der Waals surface area contributed by atoms with E-state index in [9.17, 15) is 14.9 Å². The van der Waals surface area contributed by atoms with Crippen LogP contribution >= 0.6 is 11.6 Å². The lowest BCUT2D eigenvalue weighted by Crippen LogP contribution is -2.44. The third-order valence-electron chi connectivity index (χ3n) is 3.79. The molecule has 1 amide bonds. The summed E-state index contributed by atoms with van der Waals surface area (Å²) in [6.45, 7) is 0. The zero-order valence-electron chi connectivity index (χ0n) is 11.6. The van der Waals surface area contributed by atoms with Crippen molar-refractivity contribution in [1.29, 1.82) is 0 Å². The van der Waals surface area contributed by atoms with Crippen molar-refractivity contribution in [3.8, 4) is 0 Å². The average molecular weight is 312 g/mol. The first kappa shape index (κ1) is 15.7. The van der Waals surface area contributed by atoms with Gasteiger partial charge in [0.15, 0.2) is 0 Å². The van der Waals surface area contributed by atoms with Gasteiger partial charge in [-0.25, -0.2) is 0 Å². The highest BCUT2D eigenvalue weighted by Crippen LogP contribution is 2.31. The lowest BCUT2D eigenvalue weighted by molar-refractivity contribution is -0.383. The number of carbonyl (C=O) groups is 1. The van der Waals surface area contributed by atoms with Gasteiger partial charge in [0.05, 0.1) is 4.92 Å². The quantitative estimate of drug-likeness (QED) is 0.658. The molecule has 1 fully saturated rings.